The quantitative estimate of drug-likeness (QED) is 0.563. The summed E-state index contributed by atoms with van der Waals surface area (Å²) in [5.41, 5.74) is 0. The fourth-order valence-corrected chi connectivity index (χ4v) is 2.57. The van der Waals surface area contributed by atoms with Crippen LogP contribution < -0.4 is 0 Å². The maximum atomic E-state index is 11.2. The third kappa shape index (κ3) is 1.86. The molecule has 1 N–H and O–H groups in total. The smallest absolute Gasteiger partial charge is 0.434 e. The summed E-state index contributed by atoms with van der Waals surface area (Å²) < 4.78 is 5.18. The summed E-state index contributed by atoms with van der Waals surface area (Å²) in [5.74, 6) is 0.378. The maximum Gasteiger partial charge on any atom is 0.434 e. The first-order valence-electron chi connectivity index (χ1n) is 5.55. The Kier molecular flexibility index (Phi) is 2.95. The van der Waals surface area contributed by atoms with E-state index in [4.69, 9.17) is 4.74 Å². The topological polar surface area (TPSA) is 49.8 Å². The number of carbonyl (C=O) groups is 1. The van der Waals surface area contributed by atoms with Gasteiger partial charge in [-0.3, -0.25) is 5.21 Å². The van der Waals surface area contributed by atoms with Gasteiger partial charge in [0.2, 0.25) is 0 Å². The lowest BCUT2D eigenvalue weighted by Gasteiger charge is -2.28. The zero-order valence-electron chi connectivity index (χ0n) is 8.76. The molecule has 1 saturated heterocycles. The van der Waals surface area contributed by atoms with Crippen LogP contribution in [0.5, 0.6) is 0 Å². The molecule has 1 saturated carbocycles. The van der Waals surface area contributed by atoms with Crippen LogP contribution in [0.15, 0.2) is 12.7 Å². The average Bonchev–Trinajstić information content (AvgIpc) is 2.56. The van der Waals surface area contributed by atoms with Gasteiger partial charge in [0.25, 0.3) is 0 Å². The van der Waals surface area contributed by atoms with Crippen LogP contribution in [0.25, 0.3) is 0 Å². The molecule has 1 heterocycles. The van der Waals surface area contributed by atoms with Crippen molar-refractivity contribution in [1.82, 2.24) is 5.06 Å². The van der Waals surface area contributed by atoms with Gasteiger partial charge < -0.3 is 4.74 Å². The summed E-state index contributed by atoms with van der Waals surface area (Å²) in [6.45, 7) is 3.64. The molecule has 0 radical (unpaired) electrons. The highest BCUT2D eigenvalue weighted by molar-refractivity contribution is 5.69. The van der Waals surface area contributed by atoms with Crippen molar-refractivity contribution in [2.45, 2.75) is 44.2 Å². The molecular weight excluding hydrogens is 194 g/mol. The van der Waals surface area contributed by atoms with Crippen molar-refractivity contribution < 1.29 is 14.7 Å². The van der Waals surface area contributed by atoms with Crippen LogP contribution in [0, 0.1) is 5.92 Å². The molecule has 4 nitrogen and oxygen atoms in total. The molecular formula is C11H17NO3. The van der Waals surface area contributed by atoms with Gasteiger partial charge in [-0.2, -0.15) is 5.06 Å². The molecule has 0 spiro atoms. The van der Waals surface area contributed by atoms with Crippen molar-refractivity contribution in [3.8, 4) is 0 Å². The average molecular weight is 211 g/mol. The number of hydroxylamine groups is 2. The first-order valence-corrected chi connectivity index (χ1v) is 5.55. The summed E-state index contributed by atoms with van der Waals surface area (Å²) in [4.78, 5) is 11.2. The van der Waals surface area contributed by atoms with E-state index in [-0.39, 0.29) is 12.1 Å². The molecule has 1 amide bonds. The molecule has 1 aliphatic heterocycles. The van der Waals surface area contributed by atoms with Gasteiger partial charge >= 0.3 is 6.09 Å². The van der Waals surface area contributed by atoms with Gasteiger partial charge in [0, 0.05) is 0 Å². The van der Waals surface area contributed by atoms with E-state index in [2.05, 4.69) is 6.58 Å². The fraction of sp³-hybridized carbons (Fsp3) is 0.727. The van der Waals surface area contributed by atoms with Crippen LogP contribution >= 0.6 is 0 Å². The third-order valence-corrected chi connectivity index (χ3v) is 3.40. The Morgan fingerprint density at radius 2 is 2.07 bits per heavy atom. The maximum absolute atomic E-state index is 11.2. The van der Waals surface area contributed by atoms with Crippen molar-refractivity contribution in [3.63, 3.8) is 0 Å². The molecule has 84 valence electrons. The number of hydrogen-bond acceptors (Lipinski definition) is 3. The van der Waals surface area contributed by atoms with Gasteiger partial charge in [0.1, 0.15) is 12.1 Å². The lowest BCUT2D eigenvalue weighted by atomic mass is 9.83. The Morgan fingerprint density at radius 3 is 2.67 bits per heavy atom. The normalized spacial score (nSPS) is 32.9. The predicted molar refractivity (Wildman–Crippen MR) is 54.5 cm³/mol. The van der Waals surface area contributed by atoms with E-state index >= 15 is 0 Å². The number of hydrogen-bond donors (Lipinski definition) is 1. The van der Waals surface area contributed by atoms with E-state index in [1.807, 2.05) is 0 Å². The SMILES string of the molecule is C=C[C@H]1[C@@H](C2CCCCC2)OC(=O)N1O. The third-order valence-electron chi connectivity index (χ3n) is 3.40. The van der Waals surface area contributed by atoms with E-state index in [1.54, 1.807) is 6.08 Å². The van der Waals surface area contributed by atoms with Gasteiger partial charge in [0.15, 0.2) is 0 Å². The van der Waals surface area contributed by atoms with Crippen molar-refractivity contribution >= 4 is 6.09 Å². The number of carbonyl (C=O) groups excluding carboxylic acids is 1. The first kappa shape index (κ1) is 10.5. The van der Waals surface area contributed by atoms with Gasteiger partial charge in [-0.05, 0) is 18.8 Å². The van der Waals surface area contributed by atoms with E-state index in [0.29, 0.717) is 11.0 Å². The number of ether oxygens (including phenoxy) is 1. The van der Waals surface area contributed by atoms with Crippen LogP contribution in [-0.4, -0.2) is 28.5 Å². The van der Waals surface area contributed by atoms with E-state index < -0.39 is 6.09 Å². The molecule has 1 aliphatic carbocycles. The van der Waals surface area contributed by atoms with Gasteiger partial charge in [-0.15, -0.1) is 6.58 Å². The Balaban J connectivity index is 2.07. The monoisotopic (exact) mass is 211 g/mol. The second-order valence-electron chi connectivity index (χ2n) is 4.32. The molecule has 2 aliphatic rings. The van der Waals surface area contributed by atoms with Crippen molar-refractivity contribution in [1.29, 1.82) is 0 Å². The second kappa shape index (κ2) is 4.23. The van der Waals surface area contributed by atoms with Crippen molar-refractivity contribution in [2.75, 3.05) is 0 Å². The van der Waals surface area contributed by atoms with Crippen LogP contribution in [0.3, 0.4) is 0 Å². The zero-order chi connectivity index (χ0) is 10.8. The number of amides is 1. The van der Waals surface area contributed by atoms with Crippen LogP contribution in [0.4, 0.5) is 4.79 Å². The van der Waals surface area contributed by atoms with Gasteiger partial charge in [-0.1, -0.05) is 25.3 Å². The molecule has 2 rings (SSSR count). The molecule has 0 aromatic rings. The van der Waals surface area contributed by atoms with E-state index in [0.717, 1.165) is 12.8 Å². The second-order valence-corrected chi connectivity index (χ2v) is 4.32. The molecule has 0 aromatic heterocycles. The number of cyclic esters (lactones) is 1. The van der Waals surface area contributed by atoms with E-state index in [1.165, 1.54) is 19.3 Å². The predicted octanol–water partition coefficient (Wildman–Crippen LogP) is 2.33. The minimum Gasteiger partial charge on any atom is -0.442 e. The Labute approximate surface area is 89.5 Å². The van der Waals surface area contributed by atoms with E-state index in [9.17, 15) is 10.0 Å². The minimum atomic E-state index is -0.643. The number of rotatable bonds is 2. The molecule has 0 unspecified atom stereocenters. The fourth-order valence-electron chi connectivity index (χ4n) is 2.57. The molecule has 15 heavy (non-hydrogen) atoms. The van der Waals surface area contributed by atoms with Crippen molar-refractivity contribution in [2.24, 2.45) is 5.92 Å². The summed E-state index contributed by atoms with van der Waals surface area (Å²) >= 11 is 0. The Bertz CT molecular complexity index is 261. The summed E-state index contributed by atoms with van der Waals surface area (Å²) in [7, 11) is 0. The minimum absolute atomic E-state index is 0.208. The van der Waals surface area contributed by atoms with Crippen LogP contribution in [0.1, 0.15) is 32.1 Å². The highest BCUT2D eigenvalue weighted by Gasteiger charge is 2.43. The summed E-state index contributed by atoms with van der Waals surface area (Å²) in [6, 6.07) is -0.374. The zero-order valence-corrected chi connectivity index (χ0v) is 8.76. The molecule has 2 atom stereocenters. The standard InChI is InChI=1S/C11H17NO3/c1-2-9-10(15-11(13)12(9)14)8-6-4-3-5-7-8/h2,8-10,14H,1,3-7H2/t9-,10+/m0/s1. The summed E-state index contributed by atoms with van der Waals surface area (Å²) in [6.07, 6.45) is 6.53. The van der Waals surface area contributed by atoms with Gasteiger partial charge in [0.05, 0.1) is 0 Å². The number of nitrogens with zero attached hydrogens (tertiary/aromatic N) is 1. The first-order chi connectivity index (χ1) is 7.24. The molecule has 0 bridgehead atoms. The Hall–Kier alpha value is -1.03. The molecule has 0 aromatic carbocycles. The lowest BCUT2D eigenvalue weighted by Crippen LogP contribution is -2.36. The van der Waals surface area contributed by atoms with Crippen LogP contribution in [0.2, 0.25) is 0 Å². The Morgan fingerprint density at radius 1 is 1.40 bits per heavy atom. The van der Waals surface area contributed by atoms with Crippen LogP contribution in [-0.2, 0) is 4.74 Å². The largest absolute Gasteiger partial charge is 0.442 e. The summed E-state index contributed by atoms with van der Waals surface area (Å²) in [5, 5.41) is 10.1. The highest BCUT2D eigenvalue weighted by Crippen LogP contribution is 2.34. The highest BCUT2D eigenvalue weighted by atomic mass is 16.7. The van der Waals surface area contributed by atoms with Gasteiger partial charge in [-0.25, -0.2) is 4.79 Å². The molecule has 2 fully saturated rings. The molecule has 4 heteroatoms. The lowest BCUT2D eigenvalue weighted by molar-refractivity contribution is -0.0524. The van der Waals surface area contributed by atoms with Crippen molar-refractivity contribution in [3.05, 3.63) is 12.7 Å².